The van der Waals surface area contributed by atoms with Crippen LogP contribution >= 0.6 is 0 Å². The van der Waals surface area contributed by atoms with Gasteiger partial charge in [0.05, 0.1) is 13.2 Å². The SMILES string of the molecule is CC1(C)CC(CC(=O)OCCCOC(=O)NC2CC(C)(C)CC(C)(CNC(=O)C3COC(=O)O3)C2)CC(C)(CNC(=O)C2COC(=O)O2)C1. The van der Waals surface area contributed by atoms with E-state index in [0.29, 0.717) is 25.9 Å². The molecule has 49 heavy (non-hydrogen) atoms. The van der Waals surface area contributed by atoms with Gasteiger partial charge < -0.3 is 44.4 Å². The van der Waals surface area contributed by atoms with Crippen molar-refractivity contribution >= 4 is 36.2 Å². The first-order valence-electron chi connectivity index (χ1n) is 17.1. The average molecular weight is 696 g/mol. The van der Waals surface area contributed by atoms with Crippen molar-refractivity contribution in [3.8, 4) is 0 Å². The quantitative estimate of drug-likeness (QED) is 0.144. The molecular weight excluding hydrogens is 642 g/mol. The lowest BCUT2D eigenvalue weighted by Gasteiger charge is -2.46. The highest BCUT2D eigenvalue weighted by molar-refractivity contribution is 5.85. The number of nitrogens with one attached hydrogen (secondary N) is 3. The molecule has 6 atom stereocenters. The Morgan fingerprint density at radius 1 is 0.714 bits per heavy atom. The molecule has 0 bridgehead atoms. The Balaban J connectivity index is 1.13. The second kappa shape index (κ2) is 15.4. The molecule has 0 spiro atoms. The van der Waals surface area contributed by atoms with Gasteiger partial charge in [-0.15, -0.1) is 0 Å². The number of amides is 3. The number of ether oxygens (including phenoxy) is 6. The van der Waals surface area contributed by atoms with E-state index in [4.69, 9.17) is 28.4 Å². The van der Waals surface area contributed by atoms with Gasteiger partial charge in [-0.1, -0.05) is 41.5 Å². The summed E-state index contributed by atoms with van der Waals surface area (Å²) in [5.41, 5.74) is -0.721. The largest absolute Gasteiger partial charge is 0.509 e. The van der Waals surface area contributed by atoms with Crippen LogP contribution in [0.4, 0.5) is 14.4 Å². The third-order valence-electron chi connectivity index (χ3n) is 9.68. The van der Waals surface area contributed by atoms with Crippen molar-refractivity contribution in [2.45, 2.75) is 111 Å². The number of hydrogen-bond acceptors (Lipinski definition) is 12. The van der Waals surface area contributed by atoms with Crippen LogP contribution in [0, 0.1) is 27.6 Å². The van der Waals surface area contributed by atoms with Gasteiger partial charge in [0.15, 0.2) is 0 Å². The van der Waals surface area contributed by atoms with Crippen molar-refractivity contribution < 1.29 is 57.2 Å². The predicted octanol–water partition coefficient (Wildman–Crippen LogP) is 3.76. The highest BCUT2D eigenvalue weighted by atomic mass is 16.8. The van der Waals surface area contributed by atoms with E-state index in [2.05, 4.69) is 57.5 Å². The molecule has 4 aliphatic rings. The molecule has 276 valence electrons. The lowest BCUT2D eigenvalue weighted by atomic mass is 9.60. The first-order valence-corrected chi connectivity index (χ1v) is 17.1. The van der Waals surface area contributed by atoms with E-state index < -0.39 is 42.4 Å². The molecule has 15 nitrogen and oxygen atoms in total. The normalized spacial score (nSPS) is 31.6. The molecule has 3 amide bonds. The van der Waals surface area contributed by atoms with Gasteiger partial charge in [0.2, 0.25) is 12.2 Å². The molecule has 4 rings (SSSR count). The zero-order valence-electron chi connectivity index (χ0n) is 29.6. The number of alkyl carbamates (subject to hydrolysis) is 1. The first-order chi connectivity index (χ1) is 22.8. The van der Waals surface area contributed by atoms with Gasteiger partial charge in [-0.05, 0) is 66.1 Å². The van der Waals surface area contributed by atoms with Crippen LogP contribution in [0.5, 0.6) is 0 Å². The van der Waals surface area contributed by atoms with E-state index in [1.807, 2.05) is 0 Å². The summed E-state index contributed by atoms with van der Waals surface area (Å²) in [7, 11) is 0. The van der Waals surface area contributed by atoms with Crippen molar-refractivity contribution in [3.63, 3.8) is 0 Å². The van der Waals surface area contributed by atoms with Crippen LogP contribution in [0.15, 0.2) is 0 Å². The van der Waals surface area contributed by atoms with Crippen LogP contribution in [0.1, 0.15) is 92.9 Å². The van der Waals surface area contributed by atoms with Crippen LogP contribution in [-0.4, -0.2) is 94.0 Å². The summed E-state index contributed by atoms with van der Waals surface area (Å²) in [5.74, 6) is -1.05. The fourth-order valence-corrected chi connectivity index (χ4v) is 8.66. The first kappa shape index (κ1) is 38.0. The van der Waals surface area contributed by atoms with Gasteiger partial charge in [0.1, 0.15) is 13.2 Å². The Labute approximate surface area is 287 Å². The number of carbonyl (C=O) groups is 6. The molecule has 0 aromatic heterocycles. The predicted molar refractivity (Wildman–Crippen MR) is 172 cm³/mol. The van der Waals surface area contributed by atoms with Gasteiger partial charge in [0, 0.05) is 32.0 Å². The van der Waals surface area contributed by atoms with Crippen LogP contribution in [0.2, 0.25) is 0 Å². The van der Waals surface area contributed by atoms with Crippen molar-refractivity contribution in [2.24, 2.45) is 27.6 Å². The second-order valence-corrected chi connectivity index (χ2v) is 16.5. The molecule has 2 saturated heterocycles. The summed E-state index contributed by atoms with van der Waals surface area (Å²) in [5, 5.41) is 8.71. The van der Waals surface area contributed by atoms with Crippen molar-refractivity contribution in [1.82, 2.24) is 16.0 Å². The van der Waals surface area contributed by atoms with E-state index in [-0.39, 0.29) is 72.4 Å². The molecule has 2 aliphatic carbocycles. The van der Waals surface area contributed by atoms with Crippen molar-refractivity contribution in [3.05, 3.63) is 0 Å². The standard InChI is InChI=1S/C34H53N3O12/c1-31(2)11-21(12-33(5,17-31)19-35-26(39)23-15-46-29(42)48-23)10-25(38)44-8-7-9-45-28(41)37-22-13-32(3,4)18-34(6,14-22)20-36-27(40)24-16-47-30(43)49-24/h21-24H,7-20H2,1-6H3,(H,35,39)(H,36,40)(H,37,41). The maximum absolute atomic E-state index is 12.7. The smallest absolute Gasteiger partial charge is 0.466 e. The van der Waals surface area contributed by atoms with Crippen molar-refractivity contribution in [1.29, 1.82) is 0 Å². The number of carbonyl (C=O) groups excluding carboxylic acids is 6. The third kappa shape index (κ3) is 11.7. The second-order valence-electron chi connectivity index (χ2n) is 16.5. The van der Waals surface area contributed by atoms with Gasteiger partial charge in [-0.25, -0.2) is 14.4 Å². The minimum absolute atomic E-state index is 0.0484. The zero-order chi connectivity index (χ0) is 36.0. The van der Waals surface area contributed by atoms with Crippen molar-refractivity contribution in [2.75, 3.05) is 39.5 Å². The van der Waals surface area contributed by atoms with Crippen LogP contribution in [-0.2, 0) is 42.8 Å². The van der Waals surface area contributed by atoms with Gasteiger partial charge in [0.25, 0.3) is 11.8 Å². The molecule has 0 radical (unpaired) electrons. The molecule has 2 aliphatic heterocycles. The summed E-state index contributed by atoms with van der Waals surface area (Å²) in [4.78, 5) is 72.6. The highest BCUT2D eigenvalue weighted by Gasteiger charge is 2.44. The molecule has 3 N–H and O–H groups in total. The Morgan fingerprint density at radius 2 is 1.22 bits per heavy atom. The lowest BCUT2D eigenvalue weighted by Crippen LogP contribution is -2.51. The molecular formula is C34H53N3O12. The van der Waals surface area contributed by atoms with Crippen LogP contribution < -0.4 is 16.0 Å². The van der Waals surface area contributed by atoms with E-state index in [9.17, 15) is 28.8 Å². The number of hydrogen-bond donors (Lipinski definition) is 3. The summed E-state index contributed by atoms with van der Waals surface area (Å²) < 4.78 is 30.0. The Hall–Kier alpha value is -3.78. The summed E-state index contributed by atoms with van der Waals surface area (Å²) in [6.07, 6.45) is 1.06. The Kier molecular flexibility index (Phi) is 12.0. The number of rotatable bonds is 13. The Bertz CT molecular complexity index is 1180. The monoisotopic (exact) mass is 695 g/mol. The van der Waals surface area contributed by atoms with Gasteiger partial charge in [-0.3, -0.25) is 14.4 Å². The lowest BCUT2D eigenvalue weighted by molar-refractivity contribution is -0.146. The van der Waals surface area contributed by atoms with E-state index in [0.717, 1.165) is 32.1 Å². The molecule has 0 aromatic rings. The van der Waals surface area contributed by atoms with E-state index in [1.165, 1.54) is 0 Å². The Morgan fingerprint density at radius 3 is 1.76 bits per heavy atom. The van der Waals surface area contributed by atoms with E-state index >= 15 is 0 Å². The molecule has 15 heteroatoms. The van der Waals surface area contributed by atoms with Crippen LogP contribution in [0.3, 0.4) is 0 Å². The molecule has 2 saturated carbocycles. The minimum atomic E-state index is -0.958. The summed E-state index contributed by atoms with van der Waals surface area (Å²) in [6, 6.07) is -0.170. The van der Waals surface area contributed by atoms with Crippen LogP contribution in [0.25, 0.3) is 0 Å². The molecule has 6 unspecified atom stereocenters. The molecule has 0 aromatic carbocycles. The fraction of sp³-hybridized carbons (Fsp3) is 0.824. The van der Waals surface area contributed by atoms with E-state index in [1.54, 1.807) is 0 Å². The number of esters is 1. The third-order valence-corrected chi connectivity index (χ3v) is 9.68. The average Bonchev–Trinajstić information content (AvgIpc) is 3.60. The molecule has 2 heterocycles. The summed E-state index contributed by atoms with van der Waals surface area (Å²) >= 11 is 0. The van der Waals surface area contributed by atoms with Gasteiger partial charge in [-0.2, -0.15) is 0 Å². The maximum Gasteiger partial charge on any atom is 0.509 e. The highest BCUT2D eigenvalue weighted by Crippen LogP contribution is 2.49. The minimum Gasteiger partial charge on any atom is -0.466 e. The molecule has 4 fully saturated rings. The zero-order valence-corrected chi connectivity index (χ0v) is 29.6. The summed E-state index contributed by atoms with van der Waals surface area (Å²) in [6.45, 7) is 13.4. The maximum atomic E-state index is 12.7. The fourth-order valence-electron chi connectivity index (χ4n) is 8.66. The van der Waals surface area contributed by atoms with Gasteiger partial charge >= 0.3 is 24.4 Å². The number of cyclic esters (lactones) is 4. The topological polar surface area (TPSA) is 194 Å².